The number of hydrogen-bond acceptors (Lipinski definition) is 2. The third-order valence-corrected chi connectivity index (χ3v) is 4.20. The number of nitrogens with zero attached hydrogens (tertiary/aromatic N) is 2. The second kappa shape index (κ2) is 10.3. The van der Waals surface area contributed by atoms with Gasteiger partial charge in [0, 0.05) is 13.1 Å². The van der Waals surface area contributed by atoms with Gasteiger partial charge in [0.1, 0.15) is 0 Å². The molecular weight excluding hydrogens is 436 g/mol. The highest BCUT2D eigenvalue weighted by molar-refractivity contribution is 5.65. The number of hydrogen-bond donors (Lipinski definition) is 2. The van der Waals surface area contributed by atoms with E-state index in [0.29, 0.717) is 0 Å². The Morgan fingerprint density at radius 1 is 0.667 bits per heavy atom. The average Bonchev–Trinajstić information content (AvgIpc) is 2.60. The second-order valence-electron chi connectivity index (χ2n) is 6.67. The van der Waals surface area contributed by atoms with E-state index >= 15 is 0 Å². The van der Waals surface area contributed by atoms with Crippen molar-refractivity contribution in [2.45, 2.75) is 63.2 Å². The Kier molecular flexibility index (Phi) is 9.64. The van der Waals surface area contributed by atoms with Crippen molar-refractivity contribution in [3.63, 3.8) is 0 Å². The summed E-state index contributed by atoms with van der Waals surface area (Å²) in [4.78, 5) is 21.3. The first-order valence-corrected chi connectivity index (χ1v) is 8.95. The zero-order valence-corrected chi connectivity index (χ0v) is 16.3. The highest BCUT2D eigenvalue weighted by Crippen LogP contribution is 2.53. The first kappa shape index (κ1) is 28.0. The maximum absolute atomic E-state index is 14.0. The third kappa shape index (κ3) is 6.24. The molecule has 0 saturated heterocycles. The first-order valence-electron chi connectivity index (χ1n) is 8.95. The molecule has 0 aliphatic heterocycles. The van der Waals surface area contributed by atoms with E-state index in [1.165, 1.54) is 13.8 Å². The van der Waals surface area contributed by atoms with Crippen LogP contribution in [0.15, 0.2) is 0 Å². The Balaban J connectivity index is 5.81. The van der Waals surface area contributed by atoms with E-state index in [4.69, 9.17) is 10.2 Å². The molecule has 2 N–H and O–H groups in total. The van der Waals surface area contributed by atoms with Crippen molar-refractivity contribution in [2.24, 2.45) is 0 Å². The molecule has 2 amide bonds. The Morgan fingerprint density at radius 3 is 1.13 bits per heavy atom. The highest BCUT2D eigenvalue weighted by atomic mass is 19.4. The molecule has 0 aromatic heterocycles. The lowest BCUT2D eigenvalue weighted by atomic mass is 9.97. The molecular formula is C16H24F8N2O4. The van der Waals surface area contributed by atoms with Gasteiger partial charge in [-0.1, -0.05) is 26.7 Å². The van der Waals surface area contributed by atoms with Gasteiger partial charge >= 0.3 is 35.9 Å². The molecule has 0 rings (SSSR count). The van der Waals surface area contributed by atoms with Crippen LogP contribution in [-0.2, 0) is 0 Å². The standard InChI is InChI=1S/C16H24F8N2O4/c1-3-5-7-25(11(27)28)9-13(17,18)15(21,22)16(23,24)14(19,20)10-26(12(29)30)8-6-4-2/h3-10H2,1-2H3,(H,27,28)(H,29,30). The van der Waals surface area contributed by atoms with E-state index in [1.54, 1.807) is 0 Å². The summed E-state index contributed by atoms with van der Waals surface area (Å²) in [5, 5.41) is 17.6. The van der Waals surface area contributed by atoms with Gasteiger partial charge in [0.25, 0.3) is 0 Å². The van der Waals surface area contributed by atoms with E-state index < -0.39 is 62.1 Å². The van der Waals surface area contributed by atoms with E-state index in [-0.39, 0.29) is 35.5 Å². The predicted octanol–water partition coefficient (Wildman–Crippen LogP) is 5.09. The maximum atomic E-state index is 14.0. The summed E-state index contributed by atoms with van der Waals surface area (Å²) < 4.78 is 112. The van der Waals surface area contributed by atoms with Crippen molar-refractivity contribution in [1.82, 2.24) is 9.80 Å². The summed E-state index contributed by atoms with van der Waals surface area (Å²) in [5.74, 6) is -25.1. The summed E-state index contributed by atoms with van der Waals surface area (Å²) in [6, 6.07) is 0. The number of carboxylic acid groups (broad SMARTS) is 2. The summed E-state index contributed by atoms with van der Waals surface area (Å²) in [6.07, 6.45) is -3.86. The van der Waals surface area contributed by atoms with Crippen molar-refractivity contribution < 1.29 is 54.9 Å². The zero-order chi connectivity index (χ0) is 24.0. The lowest BCUT2D eigenvalue weighted by Crippen LogP contribution is -2.67. The topological polar surface area (TPSA) is 81.1 Å². The number of alkyl halides is 8. The molecule has 0 aliphatic rings. The highest BCUT2D eigenvalue weighted by Gasteiger charge is 2.80. The molecule has 0 saturated carbocycles. The first-order chi connectivity index (χ1) is 13.5. The van der Waals surface area contributed by atoms with Crippen LogP contribution in [-0.4, -0.2) is 82.1 Å². The Bertz CT molecular complexity index is 540. The van der Waals surface area contributed by atoms with Gasteiger partial charge in [-0.2, -0.15) is 35.1 Å². The van der Waals surface area contributed by atoms with Gasteiger partial charge in [-0.3, -0.25) is 0 Å². The lowest BCUT2D eigenvalue weighted by molar-refractivity contribution is -0.367. The van der Waals surface area contributed by atoms with Crippen molar-refractivity contribution in [2.75, 3.05) is 26.2 Å². The van der Waals surface area contributed by atoms with Gasteiger partial charge in [0.15, 0.2) is 0 Å². The van der Waals surface area contributed by atoms with Gasteiger partial charge in [-0.05, 0) is 12.8 Å². The fourth-order valence-electron chi connectivity index (χ4n) is 2.32. The van der Waals surface area contributed by atoms with Crippen molar-refractivity contribution in [3.05, 3.63) is 0 Å². The van der Waals surface area contributed by atoms with E-state index in [0.717, 1.165) is 0 Å². The minimum atomic E-state index is -6.68. The van der Waals surface area contributed by atoms with Crippen LogP contribution in [0, 0.1) is 0 Å². The second-order valence-corrected chi connectivity index (χ2v) is 6.67. The van der Waals surface area contributed by atoms with Crippen molar-refractivity contribution in [1.29, 1.82) is 0 Å². The Labute approximate surface area is 167 Å². The van der Waals surface area contributed by atoms with Gasteiger partial charge in [0.2, 0.25) is 0 Å². The van der Waals surface area contributed by atoms with Crippen LogP contribution in [0.2, 0.25) is 0 Å². The van der Waals surface area contributed by atoms with E-state index in [9.17, 15) is 44.7 Å². The van der Waals surface area contributed by atoms with Crippen LogP contribution < -0.4 is 0 Å². The maximum Gasteiger partial charge on any atom is 0.407 e. The fourth-order valence-corrected chi connectivity index (χ4v) is 2.32. The summed E-state index contributed by atoms with van der Waals surface area (Å²) >= 11 is 0. The molecule has 0 atom stereocenters. The Hall–Kier alpha value is -2.02. The molecule has 0 aromatic carbocycles. The van der Waals surface area contributed by atoms with E-state index in [2.05, 4.69) is 0 Å². The molecule has 0 spiro atoms. The van der Waals surface area contributed by atoms with Crippen LogP contribution >= 0.6 is 0 Å². The van der Waals surface area contributed by atoms with E-state index in [1.807, 2.05) is 0 Å². The van der Waals surface area contributed by atoms with Crippen molar-refractivity contribution >= 4 is 12.2 Å². The SMILES string of the molecule is CCCCN(CC(F)(F)C(F)(F)C(F)(F)C(F)(F)CN(CCCC)C(=O)O)C(=O)O. The lowest BCUT2D eigenvalue weighted by Gasteiger charge is -2.39. The summed E-state index contributed by atoms with van der Waals surface area (Å²) in [5.41, 5.74) is 0. The number of amides is 2. The predicted molar refractivity (Wildman–Crippen MR) is 88.8 cm³/mol. The number of halogens is 8. The summed E-state index contributed by atoms with van der Waals surface area (Å²) in [6.45, 7) is -3.28. The average molecular weight is 460 g/mol. The molecule has 0 heterocycles. The molecule has 0 radical (unpaired) electrons. The van der Waals surface area contributed by atoms with Crippen LogP contribution in [0.4, 0.5) is 44.7 Å². The molecule has 0 unspecified atom stereocenters. The minimum absolute atomic E-state index is 0.0640. The fraction of sp³-hybridized carbons (Fsp3) is 0.875. The monoisotopic (exact) mass is 460 g/mol. The number of unbranched alkanes of at least 4 members (excludes halogenated alkanes) is 2. The number of rotatable bonds is 13. The molecule has 0 fully saturated rings. The molecule has 0 aromatic rings. The quantitative estimate of drug-likeness (QED) is 0.376. The van der Waals surface area contributed by atoms with Crippen LogP contribution in [0.25, 0.3) is 0 Å². The third-order valence-electron chi connectivity index (χ3n) is 4.20. The zero-order valence-electron chi connectivity index (χ0n) is 16.3. The molecule has 0 bridgehead atoms. The smallest absolute Gasteiger partial charge is 0.407 e. The van der Waals surface area contributed by atoms with Gasteiger partial charge in [-0.25, -0.2) is 9.59 Å². The number of carbonyl (C=O) groups is 2. The van der Waals surface area contributed by atoms with Gasteiger partial charge in [0.05, 0.1) is 13.1 Å². The molecule has 0 aliphatic carbocycles. The van der Waals surface area contributed by atoms with Crippen LogP contribution in [0.3, 0.4) is 0 Å². The minimum Gasteiger partial charge on any atom is -0.465 e. The van der Waals surface area contributed by atoms with Crippen LogP contribution in [0.1, 0.15) is 39.5 Å². The molecule has 14 heteroatoms. The van der Waals surface area contributed by atoms with Crippen LogP contribution in [0.5, 0.6) is 0 Å². The van der Waals surface area contributed by atoms with Gasteiger partial charge < -0.3 is 20.0 Å². The van der Waals surface area contributed by atoms with Crippen molar-refractivity contribution in [3.8, 4) is 0 Å². The molecule has 6 nitrogen and oxygen atoms in total. The Morgan fingerprint density at radius 2 is 0.933 bits per heavy atom. The normalized spacial score (nSPS) is 13.3. The molecule has 30 heavy (non-hydrogen) atoms. The molecule has 178 valence electrons. The largest absolute Gasteiger partial charge is 0.465 e. The van der Waals surface area contributed by atoms with Gasteiger partial charge in [-0.15, -0.1) is 0 Å². The summed E-state index contributed by atoms with van der Waals surface area (Å²) in [7, 11) is 0.